The summed E-state index contributed by atoms with van der Waals surface area (Å²) in [7, 11) is 1.17. The van der Waals surface area contributed by atoms with Crippen LogP contribution >= 0.6 is 0 Å². The van der Waals surface area contributed by atoms with Gasteiger partial charge >= 0.3 is 17.2 Å². The van der Waals surface area contributed by atoms with Gasteiger partial charge < -0.3 is 41.6 Å². The molecule has 4 unspecified atom stereocenters. The molecule has 7 N–H and O–H groups in total. The number of aromatic nitrogens is 1. The number of ether oxygens (including phenoxy) is 1. The van der Waals surface area contributed by atoms with Crippen molar-refractivity contribution < 1.29 is 48.0 Å². The Morgan fingerprint density at radius 3 is 2.08 bits per heavy atom. The van der Waals surface area contributed by atoms with E-state index in [0.29, 0.717) is 12.8 Å². The number of amides is 6. The lowest BCUT2D eigenvalue weighted by Crippen LogP contribution is -2.62. The van der Waals surface area contributed by atoms with Crippen molar-refractivity contribution in [3.8, 4) is 0 Å². The number of nitrogens with zero attached hydrogens (tertiary/aromatic N) is 2. The van der Waals surface area contributed by atoms with Crippen LogP contribution in [0.2, 0.25) is 0 Å². The first-order chi connectivity index (χ1) is 28.8. The number of methoxy groups -OCH3 is 1. The molecule has 1 aromatic heterocycles. The van der Waals surface area contributed by atoms with Crippen LogP contribution in [-0.2, 0) is 38.3 Å². The number of carbonyl (C=O) groups is 8. The number of Topliss-reactive ketones (excluding diaryl/α,β-unsaturated/α-hetero) is 1. The third-order valence-corrected chi connectivity index (χ3v) is 11.6. The van der Waals surface area contributed by atoms with E-state index in [-0.39, 0.29) is 36.7 Å². The van der Waals surface area contributed by atoms with Crippen molar-refractivity contribution in [3.05, 3.63) is 50.4 Å². The molecule has 3 fully saturated rings. The van der Waals surface area contributed by atoms with Crippen LogP contribution in [0, 0.1) is 27.4 Å². The van der Waals surface area contributed by atoms with Gasteiger partial charge in [0.2, 0.25) is 29.5 Å². The van der Waals surface area contributed by atoms with Crippen LogP contribution in [0.3, 0.4) is 0 Å². The molecule has 20 heteroatoms. The standard InChI is InChI=1S/C41H58N8O12/c1-41(2,3)33(47-36(54)27(17-11-12-18-30(51)61-4)44-35(53)25-19-29(49(59)60)37(55)43-21-25)40(58)48-22-26(50)20-28(48)38(56)46-32(24-15-9-6-10-16-24)39(57)45-31(34(42)52)23-13-7-5-8-14-23/h12,18-19,21,23-24,27-28,31-33H,5-11,13-17,20,22H2,1-4H3,(H2,42,52)(H,43,55)(H,44,53)(H,45,57)(H,46,56)(H,47,54)/b18-12+/t27?,28-,31?,32?,33?/m0/s1. The highest BCUT2D eigenvalue weighted by molar-refractivity contribution is 6.03. The zero-order valence-electron chi connectivity index (χ0n) is 35.1. The number of H-pyrrole nitrogens is 1. The molecule has 2 aliphatic carbocycles. The van der Waals surface area contributed by atoms with Crippen molar-refractivity contribution in [1.29, 1.82) is 0 Å². The van der Waals surface area contributed by atoms with Gasteiger partial charge in [-0.25, -0.2) is 4.79 Å². The van der Waals surface area contributed by atoms with Gasteiger partial charge in [0.1, 0.15) is 30.2 Å². The lowest BCUT2D eigenvalue weighted by molar-refractivity contribution is -0.386. The molecule has 6 amide bonds. The summed E-state index contributed by atoms with van der Waals surface area (Å²) in [5.74, 6) is -6.17. The minimum atomic E-state index is -1.41. The Kier molecular flexibility index (Phi) is 16.8. The average molecular weight is 855 g/mol. The highest BCUT2D eigenvalue weighted by Gasteiger charge is 2.46. The second-order valence-corrected chi connectivity index (χ2v) is 17.1. The molecule has 2 saturated carbocycles. The number of aromatic amines is 1. The molecular weight excluding hydrogens is 796 g/mol. The van der Waals surface area contributed by atoms with Gasteiger partial charge in [-0.2, -0.15) is 0 Å². The van der Waals surface area contributed by atoms with Crippen LogP contribution in [-0.4, -0.2) is 106 Å². The fourth-order valence-corrected chi connectivity index (χ4v) is 8.22. The van der Waals surface area contributed by atoms with Gasteiger partial charge in [0.05, 0.1) is 24.1 Å². The predicted molar refractivity (Wildman–Crippen MR) is 218 cm³/mol. The maximum atomic E-state index is 14.5. The average Bonchev–Trinajstić information content (AvgIpc) is 3.63. The van der Waals surface area contributed by atoms with E-state index in [9.17, 15) is 53.3 Å². The molecule has 2 heterocycles. The fourth-order valence-electron chi connectivity index (χ4n) is 8.22. The second-order valence-electron chi connectivity index (χ2n) is 17.1. The number of allylic oxidation sites excluding steroid dienone is 1. The maximum absolute atomic E-state index is 14.5. The molecule has 1 aromatic rings. The number of nitro groups is 1. The molecule has 0 radical (unpaired) electrons. The zero-order chi connectivity index (χ0) is 45.0. The molecule has 334 valence electrons. The third kappa shape index (κ3) is 13.0. The number of rotatable bonds is 17. The van der Waals surface area contributed by atoms with Gasteiger partial charge in [-0.3, -0.25) is 48.5 Å². The topological polar surface area (TPSA) is 299 Å². The van der Waals surface area contributed by atoms with Crippen LogP contribution in [0.15, 0.2) is 29.2 Å². The first kappa shape index (κ1) is 47.7. The van der Waals surface area contributed by atoms with Crippen LogP contribution in [0.4, 0.5) is 5.69 Å². The molecule has 1 saturated heterocycles. The van der Waals surface area contributed by atoms with Crippen molar-refractivity contribution in [2.45, 2.75) is 134 Å². The number of nitrogens with two attached hydrogens (primary N) is 1. The summed E-state index contributed by atoms with van der Waals surface area (Å²) >= 11 is 0. The predicted octanol–water partition coefficient (Wildman–Crippen LogP) is 1.21. The molecule has 3 aliphatic rings. The molecule has 20 nitrogen and oxygen atoms in total. The summed E-state index contributed by atoms with van der Waals surface area (Å²) in [4.78, 5) is 133. The molecule has 0 spiro atoms. The summed E-state index contributed by atoms with van der Waals surface area (Å²) in [6.45, 7) is 4.45. The summed E-state index contributed by atoms with van der Waals surface area (Å²) < 4.78 is 4.59. The Hall–Kier alpha value is -5.95. The maximum Gasteiger partial charge on any atom is 0.334 e. The van der Waals surface area contributed by atoms with E-state index < -0.39 is 106 Å². The highest BCUT2D eigenvalue weighted by Crippen LogP contribution is 2.30. The van der Waals surface area contributed by atoms with Crippen LogP contribution < -0.4 is 32.6 Å². The van der Waals surface area contributed by atoms with E-state index in [0.717, 1.165) is 74.6 Å². The van der Waals surface area contributed by atoms with E-state index in [1.165, 1.54) is 13.2 Å². The molecule has 0 bridgehead atoms. The van der Waals surface area contributed by atoms with Gasteiger partial charge in [-0.15, -0.1) is 0 Å². The third-order valence-electron chi connectivity index (χ3n) is 11.6. The van der Waals surface area contributed by atoms with Crippen LogP contribution in [0.25, 0.3) is 0 Å². The number of carbonyl (C=O) groups excluding carboxylic acids is 8. The molecule has 0 aromatic carbocycles. The number of hydrogen-bond acceptors (Lipinski definition) is 12. The number of esters is 1. The number of likely N-dealkylation sites (tertiary alicyclic amines) is 1. The van der Waals surface area contributed by atoms with E-state index in [1.807, 2.05) is 0 Å². The van der Waals surface area contributed by atoms with Crippen molar-refractivity contribution in [2.75, 3.05) is 13.7 Å². The van der Waals surface area contributed by atoms with Crippen molar-refractivity contribution in [3.63, 3.8) is 0 Å². The Balaban J connectivity index is 1.57. The van der Waals surface area contributed by atoms with Gasteiger partial charge in [0, 0.05) is 24.8 Å². The molecule has 5 atom stereocenters. The highest BCUT2D eigenvalue weighted by atomic mass is 16.6. The summed E-state index contributed by atoms with van der Waals surface area (Å²) in [6.07, 6.45) is 11.1. The summed E-state index contributed by atoms with van der Waals surface area (Å²) in [5.41, 5.74) is 2.41. The van der Waals surface area contributed by atoms with E-state index in [1.54, 1.807) is 20.8 Å². The quantitative estimate of drug-likeness (QED) is 0.0558. The van der Waals surface area contributed by atoms with Crippen molar-refractivity contribution in [1.82, 2.24) is 31.2 Å². The number of hydrogen-bond donors (Lipinski definition) is 6. The minimum absolute atomic E-state index is 0.0345. The molecule has 4 rings (SSSR count). The molecule has 61 heavy (non-hydrogen) atoms. The normalized spacial score (nSPS) is 19.6. The number of ketones is 1. The second kappa shape index (κ2) is 21.5. The van der Waals surface area contributed by atoms with Gasteiger partial charge in [-0.1, -0.05) is 65.4 Å². The van der Waals surface area contributed by atoms with Gasteiger partial charge in [0.15, 0.2) is 5.78 Å². The van der Waals surface area contributed by atoms with Gasteiger partial charge in [-0.05, 0) is 55.8 Å². The Bertz CT molecular complexity index is 1930. The van der Waals surface area contributed by atoms with Crippen molar-refractivity contribution in [2.24, 2.45) is 23.0 Å². The zero-order valence-corrected chi connectivity index (χ0v) is 35.1. The van der Waals surface area contributed by atoms with E-state index >= 15 is 0 Å². The Morgan fingerprint density at radius 1 is 0.918 bits per heavy atom. The van der Waals surface area contributed by atoms with Gasteiger partial charge in [0.25, 0.3) is 5.91 Å². The van der Waals surface area contributed by atoms with Crippen LogP contribution in [0.1, 0.15) is 115 Å². The van der Waals surface area contributed by atoms with Crippen molar-refractivity contribution >= 4 is 52.9 Å². The van der Waals surface area contributed by atoms with E-state index in [4.69, 9.17) is 5.73 Å². The first-order valence-electron chi connectivity index (χ1n) is 20.8. The summed E-state index contributed by atoms with van der Waals surface area (Å²) in [6, 6.07) is -5.40. The molecule has 1 aliphatic heterocycles. The fraction of sp³-hybridized carbons (Fsp3) is 0.634. The smallest absolute Gasteiger partial charge is 0.334 e. The van der Waals surface area contributed by atoms with Crippen LogP contribution in [0.5, 0.6) is 0 Å². The lowest BCUT2D eigenvalue weighted by Gasteiger charge is -2.37. The first-order valence-corrected chi connectivity index (χ1v) is 20.8. The van der Waals surface area contributed by atoms with E-state index in [2.05, 4.69) is 31.0 Å². The minimum Gasteiger partial charge on any atom is -0.466 e. The number of pyridine rings is 1. The Morgan fingerprint density at radius 2 is 1.52 bits per heavy atom. The summed E-state index contributed by atoms with van der Waals surface area (Å²) in [5, 5.41) is 22.1. The molecular formula is C41H58N8O12. The number of primary amides is 1. The largest absolute Gasteiger partial charge is 0.466 e. The lowest BCUT2D eigenvalue weighted by atomic mass is 9.81. The number of nitrogens with one attached hydrogen (secondary N) is 5. The SMILES string of the molecule is COC(=O)/C=C/CCC(NC(=O)c1c[nH]c(=O)c([N+](=O)[O-])c1)C(=O)NC(C(=O)N1CC(=O)C[C@H]1C(=O)NC(C(=O)NC(C(N)=O)C1CCCCC1)C1CCCCC1)C(C)(C)C. The monoisotopic (exact) mass is 854 g/mol. The Labute approximate surface area is 353 Å².